The van der Waals surface area contributed by atoms with Crippen molar-refractivity contribution in [1.29, 1.82) is 0 Å². The first-order chi connectivity index (χ1) is 9.45. The molecule has 0 bridgehead atoms. The molecule has 3 atom stereocenters. The first-order valence-electron chi connectivity index (χ1n) is 8.42. The Labute approximate surface area is 123 Å². The van der Waals surface area contributed by atoms with Crippen LogP contribution >= 0.6 is 0 Å². The molecule has 1 saturated heterocycles. The van der Waals surface area contributed by atoms with Gasteiger partial charge in [0.2, 0.25) is 0 Å². The number of hydrogen-bond donors (Lipinski definition) is 1. The third-order valence-corrected chi connectivity index (χ3v) is 5.87. The Hall–Kier alpha value is -0.570. The number of hydrogen-bond acceptors (Lipinski definition) is 2. The first-order valence-corrected chi connectivity index (χ1v) is 8.42. The van der Waals surface area contributed by atoms with Crippen molar-refractivity contribution in [3.8, 4) is 0 Å². The van der Waals surface area contributed by atoms with Crippen molar-refractivity contribution in [2.45, 2.75) is 71.8 Å². The van der Waals surface area contributed by atoms with Gasteiger partial charge in [0.25, 0.3) is 0 Å². The molecular formula is C17H31NO2. The number of aliphatic carboxylic acids is 1. The van der Waals surface area contributed by atoms with Gasteiger partial charge in [-0.05, 0) is 57.9 Å². The number of nitrogens with zero attached hydrogens (tertiary/aromatic N) is 1. The summed E-state index contributed by atoms with van der Waals surface area (Å²) in [6.07, 6.45) is 8.92. The number of carboxylic acids is 1. The maximum Gasteiger partial charge on any atom is 0.309 e. The van der Waals surface area contributed by atoms with Crippen molar-refractivity contribution in [1.82, 2.24) is 4.90 Å². The van der Waals surface area contributed by atoms with Crippen molar-refractivity contribution in [3.63, 3.8) is 0 Å². The van der Waals surface area contributed by atoms with Crippen LogP contribution in [0.15, 0.2) is 0 Å². The van der Waals surface area contributed by atoms with Crippen molar-refractivity contribution < 1.29 is 9.90 Å². The lowest BCUT2D eigenvalue weighted by Gasteiger charge is -2.44. The third-order valence-electron chi connectivity index (χ3n) is 5.87. The van der Waals surface area contributed by atoms with E-state index in [4.69, 9.17) is 0 Å². The molecule has 0 radical (unpaired) electrons. The van der Waals surface area contributed by atoms with E-state index >= 15 is 0 Å². The van der Waals surface area contributed by atoms with Crippen LogP contribution in [0, 0.1) is 17.3 Å². The van der Waals surface area contributed by atoms with Gasteiger partial charge < -0.3 is 10.0 Å². The smallest absolute Gasteiger partial charge is 0.309 e. The lowest BCUT2D eigenvalue weighted by Crippen LogP contribution is -2.49. The van der Waals surface area contributed by atoms with E-state index < -0.39 is 11.4 Å². The van der Waals surface area contributed by atoms with Gasteiger partial charge in [0.1, 0.15) is 0 Å². The monoisotopic (exact) mass is 281 g/mol. The van der Waals surface area contributed by atoms with Gasteiger partial charge in [0, 0.05) is 12.6 Å². The Morgan fingerprint density at radius 2 is 2.00 bits per heavy atom. The SMILES string of the molecule is CCC1CCCC(N2CCCC(C(C)(C)C(=O)O)C2)C1. The normalized spacial score (nSPS) is 33.0. The molecule has 3 nitrogen and oxygen atoms in total. The number of piperidine rings is 1. The van der Waals surface area contributed by atoms with E-state index in [0.717, 1.165) is 25.3 Å². The second-order valence-corrected chi connectivity index (χ2v) is 7.46. The van der Waals surface area contributed by atoms with Crippen LogP contribution in [0.1, 0.15) is 65.7 Å². The van der Waals surface area contributed by atoms with Crippen LogP contribution in [-0.2, 0) is 4.79 Å². The number of rotatable bonds is 4. The fourth-order valence-electron chi connectivity index (χ4n) is 4.07. The summed E-state index contributed by atoms with van der Waals surface area (Å²) in [5, 5.41) is 9.45. The van der Waals surface area contributed by atoms with Crippen LogP contribution in [0.25, 0.3) is 0 Å². The van der Waals surface area contributed by atoms with E-state index in [1.165, 1.54) is 38.6 Å². The fourth-order valence-corrected chi connectivity index (χ4v) is 4.07. The van der Waals surface area contributed by atoms with E-state index in [2.05, 4.69) is 11.8 Å². The molecule has 1 aliphatic carbocycles. The molecule has 1 N–H and O–H groups in total. The molecule has 0 aromatic rings. The van der Waals surface area contributed by atoms with Crippen molar-refractivity contribution in [2.75, 3.05) is 13.1 Å². The zero-order valence-corrected chi connectivity index (χ0v) is 13.4. The largest absolute Gasteiger partial charge is 0.481 e. The summed E-state index contributed by atoms with van der Waals surface area (Å²) in [5.41, 5.74) is -0.586. The molecular weight excluding hydrogens is 250 g/mol. The van der Waals surface area contributed by atoms with E-state index in [0.29, 0.717) is 12.0 Å². The molecule has 3 unspecified atom stereocenters. The number of carbonyl (C=O) groups is 1. The second-order valence-electron chi connectivity index (χ2n) is 7.46. The fraction of sp³-hybridized carbons (Fsp3) is 0.941. The number of likely N-dealkylation sites (tertiary alicyclic amines) is 1. The van der Waals surface area contributed by atoms with E-state index in [-0.39, 0.29) is 0 Å². The molecule has 0 aromatic carbocycles. The summed E-state index contributed by atoms with van der Waals surface area (Å²) in [7, 11) is 0. The van der Waals surface area contributed by atoms with Crippen LogP contribution < -0.4 is 0 Å². The Morgan fingerprint density at radius 3 is 2.65 bits per heavy atom. The quantitative estimate of drug-likeness (QED) is 0.852. The molecule has 116 valence electrons. The Morgan fingerprint density at radius 1 is 1.25 bits per heavy atom. The Balaban J connectivity index is 1.98. The minimum Gasteiger partial charge on any atom is -0.481 e. The standard InChI is InChI=1S/C17H31NO2/c1-4-13-7-5-9-15(11-13)18-10-6-8-14(12-18)17(2,3)16(19)20/h13-15H,4-12H2,1-3H3,(H,19,20). The second kappa shape index (κ2) is 6.46. The van der Waals surface area contributed by atoms with Crippen molar-refractivity contribution in [2.24, 2.45) is 17.3 Å². The molecule has 2 aliphatic rings. The highest BCUT2D eigenvalue weighted by molar-refractivity contribution is 5.74. The molecule has 0 amide bonds. The van der Waals surface area contributed by atoms with Crippen LogP contribution in [0.3, 0.4) is 0 Å². The molecule has 2 fully saturated rings. The maximum atomic E-state index is 11.5. The average Bonchev–Trinajstić information content (AvgIpc) is 2.47. The van der Waals surface area contributed by atoms with Gasteiger partial charge in [-0.1, -0.05) is 26.2 Å². The summed E-state index contributed by atoms with van der Waals surface area (Å²) in [4.78, 5) is 14.1. The molecule has 0 aromatic heterocycles. The van der Waals surface area contributed by atoms with Crippen molar-refractivity contribution >= 4 is 5.97 Å². The van der Waals surface area contributed by atoms with Crippen LogP contribution in [0.5, 0.6) is 0 Å². The predicted molar refractivity (Wildman–Crippen MR) is 81.8 cm³/mol. The molecule has 2 rings (SSSR count). The zero-order valence-electron chi connectivity index (χ0n) is 13.4. The van der Waals surface area contributed by atoms with E-state index in [1.807, 2.05) is 13.8 Å². The van der Waals surface area contributed by atoms with Gasteiger partial charge >= 0.3 is 5.97 Å². The lowest BCUT2D eigenvalue weighted by molar-refractivity contribution is -0.151. The average molecular weight is 281 g/mol. The summed E-state index contributed by atoms with van der Waals surface area (Å²) in [6, 6.07) is 0.709. The summed E-state index contributed by atoms with van der Waals surface area (Å²) < 4.78 is 0. The molecule has 3 heteroatoms. The van der Waals surface area contributed by atoms with Gasteiger partial charge in [-0.25, -0.2) is 0 Å². The predicted octanol–water partition coefficient (Wildman–Crippen LogP) is 3.78. The topological polar surface area (TPSA) is 40.5 Å². The van der Waals surface area contributed by atoms with Crippen molar-refractivity contribution in [3.05, 3.63) is 0 Å². The summed E-state index contributed by atoms with van der Waals surface area (Å²) in [5.74, 6) is 0.553. The Kier molecular flexibility index (Phi) is 5.11. The van der Waals surface area contributed by atoms with Crippen LogP contribution in [0.4, 0.5) is 0 Å². The highest BCUT2D eigenvalue weighted by atomic mass is 16.4. The van der Waals surface area contributed by atoms with Gasteiger partial charge in [0.05, 0.1) is 5.41 Å². The highest BCUT2D eigenvalue weighted by Crippen LogP contribution is 2.37. The minimum absolute atomic E-state index is 0.302. The molecule has 1 heterocycles. The third kappa shape index (κ3) is 3.36. The molecule has 20 heavy (non-hydrogen) atoms. The zero-order chi connectivity index (χ0) is 14.8. The van der Waals surface area contributed by atoms with Crippen LogP contribution in [-0.4, -0.2) is 35.1 Å². The van der Waals surface area contributed by atoms with Gasteiger partial charge in [-0.3, -0.25) is 4.79 Å². The first kappa shape index (κ1) is 15.8. The molecule has 0 spiro atoms. The van der Waals surface area contributed by atoms with E-state index in [1.54, 1.807) is 0 Å². The van der Waals surface area contributed by atoms with Crippen LogP contribution in [0.2, 0.25) is 0 Å². The van der Waals surface area contributed by atoms with Gasteiger partial charge in [-0.2, -0.15) is 0 Å². The highest BCUT2D eigenvalue weighted by Gasteiger charge is 2.40. The summed E-state index contributed by atoms with van der Waals surface area (Å²) in [6.45, 7) is 8.27. The molecule has 1 aliphatic heterocycles. The molecule has 1 saturated carbocycles. The van der Waals surface area contributed by atoms with Gasteiger partial charge in [0.15, 0.2) is 0 Å². The number of carboxylic acid groups (broad SMARTS) is 1. The Bertz CT molecular complexity index is 340. The minimum atomic E-state index is -0.639. The van der Waals surface area contributed by atoms with Gasteiger partial charge in [-0.15, -0.1) is 0 Å². The lowest BCUT2D eigenvalue weighted by atomic mass is 9.73. The maximum absolute atomic E-state index is 11.5. The van der Waals surface area contributed by atoms with E-state index in [9.17, 15) is 9.90 Å². The summed E-state index contributed by atoms with van der Waals surface area (Å²) >= 11 is 0.